The molecule has 0 atom stereocenters. The summed E-state index contributed by atoms with van der Waals surface area (Å²) in [6.45, 7) is 12.9. The second-order valence-electron chi connectivity index (χ2n) is 8.69. The first kappa shape index (κ1) is 28.0. The van der Waals surface area contributed by atoms with Crippen LogP contribution in [-0.2, 0) is 16.5 Å². The van der Waals surface area contributed by atoms with E-state index < -0.39 is 0 Å². The van der Waals surface area contributed by atoms with Gasteiger partial charge < -0.3 is 0 Å². The molecule has 2 aromatic carbocycles. The van der Waals surface area contributed by atoms with E-state index in [9.17, 15) is 0 Å². The Morgan fingerprint density at radius 3 is 1.81 bits per heavy atom. The van der Waals surface area contributed by atoms with Crippen molar-refractivity contribution in [2.24, 2.45) is 9.98 Å². The van der Waals surface area contributed by atoms with Crippen molar-refractivity contribution in [1.29, 1.82) is 0 Å². The van der Waals surface area contributed by atoms with E-state index in [1.165, 1.54) is 60.8 Å². The molecule has 0 saturated heterocycles. The minimum Gasteiger partial charge on any atom is -0.252 e. The van der Waals surface area contributed by atoms with Crippen molar-refractivity contribution in [1.82, 2.24) is 0 Å². The molecule has 0 fully saturated rings. The van der Waals surface area contributed by atoms with Gasteiger partial charge in [-0.2, -0.15) is 0 Å². The van der Waals surface area contributed by atoms with Gasteiger partial charge in [-0.3, -0.25) is 4.99 Å². The third-order valence-corrected chi connectivity index (χ3v) is 5.90. The fraction of sp³-hybridized carbons (Fsp3) is 0.448. The maximum absolute atomic E-state index is 4.95. The normalized spacial score (nSPS) is 12.3. The Balaban J connectivity index is 0.00000512. The summed E-state index contributed by atoms with van der Waals surface area (Å²) in [6.07, 6.45) is 13.4. The third-order valence-electron chi connectivity index (χ3n) is 5.90. The van der Waals surface area contributed by atoms with Crippen molar-refractivity contribution < 1.29 is 16.5 Å². The molecule has 0 aliphatic carbocycles. The van der Waals surface area contributed by atoms with Gasteiger partial charge in [-0.25, -0.2) is 4.99 Å². The minimum atomic E-state index is 0. The van der Waals surface area contributed by atoms with Crippen LogP contribution >= 0.6 is 0 Å². The van der Waals surface area contributed by atoms with E-state index in [1.807, 2.05) is 0 Å². The zero-order valence-corrected chi connectivity index (χ0v) is 21.8. The largest absolute Gasteiger partial charge is 0.252 e. The molecule has 2 aromatic rings. The quantitative estimate of drug-likeness (QED) is 0.176. The molecule has 0 aliphatic rings. The summed E-state index contributed by atoms with van der Waals surface area (Å²) in [7, 11) is 0. The molecule has 0 bridgehead atoms. The van der Waals surface area contributed by atoms with E-state index in [4.69, 9.17) is 9.98 Å². The Morgan fingerprint density at radius 1 is 0.719 bits per heavy atom. The molecular weight excluding hydrogens is 435 g/mol. The van der Waals surface area contributed by atoms with Crippen LogP contribution in [0.3, 0.4) is 0 Å². The van der Waals surface area contributed by atoms with Crippen molar-refractivity contribution in [3.05, 3.63) is 70.8 Å². The van der Waals surface area contributed by atoms with E-state index in [1.54, 1.807) is 0 Å². The molecule has 0 heterocycles. The maximum atomic E-state index is 4.95. The fourth-order valence-electron chi connectivity index (χ4n) is 3.46. The Labute approximate surface area is 206 Å². The van der Waals surface area contributed by atoms with Crippen LogP contribution in [0.15, 0.2) is 58.5 Å². The molecular formula is C29H40N2Ni. The number of rotatable bonds is 11. The van der Waals surface area contributed by atoms with Crippen LogP contribution in [0.5, 0.6) is 0 Å². The standard InChI is InChI=1S/C29H40N2.Ni/c1-7-8-9-10-11-12-13-14-15-29(31-28-19-17-23(3)25(5)21-28)26(6)30-27-18-16-22(2)24(4)20-27;/h14-21H,7-13H2,1-6H3;. The van der Waals surface area contributed by atoms with Gasteiger partial charge in [-0.15, -0.1) is 0 Å². The van der Waals surface area contributed by atoms with E-state index in [0.717, 1.165) is 29.2 Å². The van der Waals surface area contributed by atoms with Crippen LogP contribution in [0.1, 0.15) is 81.0 Å². The van der Waals surface area contributed by atoms with Crippen molar-refractivity contribution in [3.8, 4) is 0 Å². The first-order chi connectivity index (χ1) is 14.9. The second kappa shape index (κ2) is 15.0. The summed E-state index contributed by atoms with van der Waals surface area (Å²) in [5.41, 5.74) is 8.96. The topological polar surface area (TPSA) is 24.7 Å². The summed E-state index contributed by atoms with van der Waals surface area (Å²) in [4.78, 5) is 9.83. The minimum absolute atomic E-state index is 0. The molecule has 32 heavy (non-hydrogen) atoms. The van der Waals surface area contributed by atoms with Gasteiger partial charge in [0.05, 0.1) is 22.8 Å². The summed E-state index contributed by atoms with van der Waals surface area (Å²) in [6, 6.07) is 12.7. The summed E-state index contributed by atoms with van der Waals surface area (Å²) in [5, 5.41) is 0. The first-order valence-electron chi connectivity index (χ1n) is 11.9. The average Bonchev–Trinajstić information content (AvgIpc) is 2.74. The van der Waals surface area contributed by atoms with Crippen LogP contribution in [0.4, 0.5) is 11.4 Å². The molecule has 0 saturated carbocycles. The first-order valence-corrected chi connectivity index (χ1v) is 11.9. The van der Waals surface area contributed by atoms with Crippen LogP contribution in [0, 0.1) is 27.7 Å². The van der Waals surface area contributed by atoms with Gasteiger partial charge in [0.1, 0.15) is 0 Å². The van der Waals surface area contributed by atoms with Gasteiger partial charge in [0, 0.05) is 16.5 Å². The molecule has 3 heteroatoms. The maximum Gasteiger partial charge on any atom is 0.0845 e. The Hall–Kier alpha value is -1.99. The molecule has 0 aromatic heterocycles. The predicted molar refractivity (Wildman–Crippen MR) is 139 cm³/mol. The van der Waals surface area contributed by atoms with Crippen molar-refractivity contribution >= 4 is 22.8 Å². The molecule has 0 N–H and O–H groups in total. The Kier molecular flexibility index (Phi) is 13.1. The predicted octanol–water partition coefficient (Wildman–Crippen LogP) is 9.09. The van der Waals surface area contributed by atoms with E-state index in [0.29, 0.717) is 0 Å². The van der Waals surface area contributed by atoms with Crippen LogP contribution in [0.25, 0.3) is 0 Å². The zero-order valence-electron chi connectivity index (χ0n) is 20.8. The number of aryl methyl sites for hydroxylation is 4. The number of hydrogen-bond donors (Lipinski definition) is 0. The monoisotopic (exact) mass is 474 g/mol. The molecule has 0 radical (unpaired) electrons. The van der Waals surface area contributed by atoms with Gasteiger partial charge in [-0.1, -0.05) is 57.2 Å². The molecule has 0 amide bonds. The van der Waals surface area contributed by atoms with Gasteiger partial charge in [0.25, 0.3) is 0 Å². The molecule has 2 nitrogen and oxygen atoms in total. The van der Waals surface area contributed by atoms with Gasteiger partial charge in [0.15, 0.2) is 0 Å². The number of nitrogens with zero attached hydrogens (tertiary/aromatic N) is 2. The molecule has 0 aliphatic heterocycles. The number of aliphatic imine (C=N–C) groups is 2. The second-order valence-corrected chi connectivity index (χ2v) is 8.69. The molecule has 2 rings (SSSR count). The Bertz CT molecular complexity index is 938. The smallest absolute Gasteiger partial charge is 0.0845 e. The van der Waals surface area contributed by atoms with Crippen LogP contribution < -0.4 is 0 Å². The van der Waals surface area contributed by atoms with E-state index >= 15 is 0 Å². The Morgan fingerprint density at radius 2 is 1.25 bits per heavy atom. The van der Waals surface area contributed by atoms with Gasteiger partial charge >= 0.3 is 0 Å². The average molecular weight is 475 g/mol. The molecule has 176 valence electrons. The summed E-state index contributed by atoms with van der Waals surface area (Å²) < 4.78 is 0. The summed E-state index contributed by atoms with van der Waals surface area (Å²) in [5.74, 6) is 0. The number of unbranched alkanes of at least 4 members (excludes halogenated alkanes) is 6. The van der Waals surface area contributed by atoms with Crippen LogP contribution in [0.2, 0.25) is 0 Å². The van der Waals surface area contributed by atoms with Gasteiger partial charge in [0.2, 0.25) is 0 Å². The molecule has 0 unspecified atom stereocenters. The van der Waals surface area contributed by atoms with E-state index in [-0.39, 0.29) is 16.5 Å². The number of allylic oxidation sites excluding steroid dienone is 2. The fourth-order valence-corrected chi connectivity index (χ4v) is 3.46. The molecule has 0 spiro atoms. The van der Waals surface area contributed by atoms with Crippen LogP contribution in [-0.4, -0.2) is 11.4 Å². The van der Waals surface area contributed by atoms with Gasteiger partial charge in [-0.05, 0) is 100 Å². The SMILES string of the molecule is CCCCCCCCC=CC(=Nc1ccc(C)c(C)c1)C(C)=Nc1ccc(C)c(C)c1.[Ni]. The number of benzene rings is 2. The third kappa shape index (κ3) is 9.66. The van der Waals surface area contributed by atoms with Crippen molar-refractivity contribution in [2.75, 3.05) is 0 Å². The summed E-state index contributed by atoms with van der Waals surface area (Å²) >= 11 is 0. The van der Waals surface area contributed by atoms with E-state index in [2.05, 4.69) is 90.1 Å². The van der Waals surface area contributed by atoms with Crippen molar-refractivity contribution in [3.63, 3.8) is 0 Å². The number of hydrogen-bond acceptors (Lipinski definition) is 2. The van der Waals surface area contributed by atoms with Crippen molar-refractivity contribution in [2.45, 2.75) is 86.5 Å². The zero-order chi connectivity index (χ0) is 22.6.